The molecule has 0 fully saturated rings. The molecule has 0 radical (unpaired) electrons. The average molecular weight is 199 g/mol. The van der Waals surface area contributed by atoms with Crippen LogP contribution in [0, 0.1) is 11.3 Å². The summed E-state index contributed by atoms with van der Waals surface area (Å²) in [6.45, 7) is -3.38. The number of alkyl halides is 2. The Kier molecular flexibility index (Phi) is 3.37. The summed E-state index contributed by atoms with van der Waals surface area (Å²) in [7, 11) is 0. The van der Waals surface area contributed by atoms with Gasteiger partial charge in [-0.2, -0.15) is 14.0 Å². The number of aliphatic hydroxyl groups is 1. The molecule has 0 saturated heterocycles. The lowest BCUT2D eigenvalue weighted by Gasteiger charge is -2.08. The summed E-state index contributed by atoms with van der Waals surface area (Å²) in [6, 6.07) is 5.71. The van der Waals surface area contributed by atoms with Gasteiger partial charge in [-0.1, -0.05) is 0 Å². The van der Waals surface area contributed by atoms with Gasteiger partial charge in [-0.05, 0) is 18.2 Å². The third-order valence-corrected chi connectivity index (χ3v) is 1.58. The van der Waals surface area contributed by atoms with E-state index in [1.807, 2.05) is 6.07 Å². The number of aliphatic hydroxyl groups excluding tert-OH is 1. The van der Waals surface area contributed by atoms with Gasteiger partial charge in [0, 0.05) is 5.56 Å². The van der Waals surface area contributed by atoms with Crippen LogP contribution in [0.5, 0.6) is 5.75 Å². The van der Waals surface area contributed by atoms with Crippen LogP contribution in [0.1, 0.15) is 11.1 Å². The van der Waals surface area contributed by atoms with Gasteiger partial charge in [0.2, 0.25) is 0 Å². The average Bonchev–Trinajstić information content (AvgIpc) is 2.17. The standard InChI is InChI=1S/C9H7F2NO2/c10-9(11)14-8-2-1-6(4-12)3-7(8)5-13/h1-3,9,13H,5H2. The fraction of sp³-hybridized carbons (Fsp3) is 0.222. The maximum absolute atomic E-state index is 11.9. The summed E-state index contributed by atoms with van der Waals surface area (Å²) >= 11 is 0. The van der Waals surface area contributed by atoms with Crippen molar-refractivity contribution in [3.63, 3.8) is 0 Å². The zero-order valence-corrected chi connectivity index (χ0v) is 7.08. The Labute approximate surface area is 79.2 Å². The topological polar surface area (TPSA) is 53.2 Å². The summed E-state index contributed by atoms with van der Waals surface area (Å²) in [5.41, 5.74) is 0.458. The molecule has 0 aliphatic rings. The highest BCUT2D eigenvalue weighted by Crippen LogP contribution is 2.21. The fourth-order valence-electron chi connectivity index (χ4n) is 0.984. The molecule has 0 amide bonds. The summed E-state index contributed by atoms with van der Waals surface area (Å²) in [6.07, 6.45) is 0. The van der Waals surface area contributed by atoms with Crippen LogP contribution in [-0.2, 0) is 6.61 Å². The van der Waals surface area contributed by atoms with Crippen molar-refractivity contribution < 1.29 is 18.6 Å². The minimum atomic E-state index is -2.94. The van der Waals surface area contributed by atoms with Crippen LogP contribution < -0.4 is 4.74 Å². The lowest BCUT2D eigenvalue weighted by Crippen LogP contribution is -2.04. The number of hydrogen-bond acceptors (Lipinski definition) is 3. The minimum Gasteiger partial charge on any atom is -0.434 e. The van der Waals surface area contributed by atoms with Gasteiger partial charge in [0.25, 0.3) is 0 Å². The Morgan fingerprint density at radius 1 is 1.50 bits per heavy atom. The van der Waals surface area contributed by atoms with Crippen LogP contribution >= 0.6 is 0 Å². The summed E-state index contributed by atoms with van der Waals surface area (Å²) in [5.74, 6) is -0.110. The Bertz CT molecular complexity index is 360. The van der Waals surface area contributed by atoms with Crippen LogP contribution in [0.2, 0.25) is 0 Å². The first-order valence-electron chi connectivity index (χ1n) is 3.76. The second kappa shape index (κ2) is 4.53. The van der Waals surface area contributed by atoms with E-state index in [4.69, 9.17) is 10.4 Å². The number of hydrogen-bond donors (Lipinski definition) is 1. The molecule has 74 valence electrons. The highest BCUT2D eigenvalue weighted by atomic mass is 19.3. The predicted molar refractivity (Wildman–Crippen MR) is 43.7 cm³/mol. The summed E-state index contributed by atoms with van der Waals surface area (Å²) in [5, 5.41) is 17.3. The van der Waals surface area contributed by atoms with Crippen molar-refractivity contribution in [2.75, 3.05) is 0 Å². The zero-order chi connectivity index (χ0) is 10.6. The van der Waals surface area contributed by atoms with E-state index in [-0.39, 0.29) is 16.9 Å². The van der Waals surface area contributed by atoms with Gasteiger partial charge in [0.1, 0.15) is 5.75 Å². The zero-order valence-electron chi connectivity index (χ0n) is 7.08. The molecule has 1 aromatic rings. The third kappa shape index (κ3) is 2.41. The lowest BCUT2D eigenvalue weighted by molar-refractivity contribution is -0.0509. The van der Waals surface area contributed by atoms with E-state index in [0.717, 1.165) is 0 Å². The molecule has 0 bridgehead atoms. The first-order valence-corrected chi connectivity index (χ1v) is 3.76. The first kappa shape index (κ1) is 10.4. The van der Waals surface area contributed by atoms with Crippen molar-refractivity contribution in [3.05, 3.63) is 29.3 Å². The van der Waals surface area contributed by atoms with Crippen LogP contribution in [-0.4, -0.2) is 11.7 Å². The smallest absolute Gasteiger partial charge is 0.387 e. The largest absolute Gasteiger partial charge is 0.434 e. The lowest BCUT2D eigenvalue weighted by atomic mass is 10.1. The molecule has 1 rings (SSSR count). The summed E-state index contributed by atoms with van der Waals surface area (Å²) in [4.78, 5) is 0. The van der Waals surface area contributed by atoms with Crippen LogP contribution in [0.3, 0.4) is 0 Å². The quantitative estimate of drug-likeness (QED) is 0.805. The molecule has 0 unspecified atom stereocenters. The third-order valence-electron chi connectivity index (χ3n) is 1.58. The van der Waals surface area contributed by atoms with E-state index in [9.17, 15) is 8.78 Å². The normalized spacial score (nSPS) is 9.93. The molecule has 0 spiro atoms. The van der Waals surface area contributed by atoms with Crippen molar-refractivity contribution in [1.29, 1.82) is 5.26 Å². The number of halogens is 2. The molecule has 1 aromatic carbocycles. The van der Waals surface area contributed by atoms with Crippen molar-refractivity contribution >= 4 is 0 Å². The van der Waals surface area contributed by atoms with Gasteiger partial charge in [0.05, 0.1) is 18.2 Å². The molecule has 0 heterocycles. The molecule has 3 nitrogen and oxygen atoms in total. The molecule has 0 aliphatic carbocycles. The van der Waals surface area contributed by atoms with E-state index in [1.54, 1.807) is 0 Å². The highest BCUT2D eigenvalue weighted by Gasteiger charge is 2.09. The molecule has 5 heteroatoms. The van der Waals surface area contributed by atoms with Gasteiger partial charge in [-0.15, -0.1) is 0 Å². The molecule has 14 heavy (non-hydrogen) atoms. The second-order valence-corrected chi connectivity index (χ2v) is 2.47. The SMILES string of the molecule is N#Cc1ccc(OC(F)F)c(CO)c1. The van der Waals surface area contributed by atoms with Crippen molar-refractivity contribution in [1.82, 2.24) is 0 Å². The van der Waals surface area contributed by atoms with Crippen molar-refractivity contribution in [3.8, 4) is 11.8 Å². The van der Waals surface area contributed by atoms with E-state index in [2.05, 4.69) is 4.74 Å². The Balaban J connectivity index is 3.00. The number of ether oxygens (including phenoxy) is 1. The molecule has 1 N–H and O–H groups in total. The minimum absolute atomic E-state index is 0.110. The molecule has 0 aromatic heterocycles. The van der Waals surface area contributed by atoms with Gasteiger partial charge in [-0.3, -0.25) is 0 Å². The molecule has 0 aliphatic heterocycles. The highest BCUT2D eigenvalue weighted by molar-refractivity contribution is 5.41. The monoisotopic (exact) mass is 199 g/mol. The Morgan fingerprint density at radius 3 is 2.71 bits per heavy atom. The number of rotatable bonds is 3. The first-order chi connectivity index (χ1) is 6.67. The van der Waals surface area contributed by atoms with E-state index < -0.39 is 13.2 Å². The van der Waals surface area contributed by atoms with Crippen LogP contribution in [0.25, 0.3) is 0 Å². The molecule has 0 saturated carbocycles. The second-order valence-electron chi connectivity index (χ2n) is 2.47. The number of nitriles is 1. The van der Waals surface area contributed by atoms with Crippen LogP contribution in [0.15, 0.2) is 18.2 Å². The molecule has 0 atom stereocenters. The van der Waals surface area contributed by atoms with E-state index in [1.165, 1.54) is 18.2 Å². The van der Waals surface area contributed by atoms with Crippen molar-refractivity contribution in [2.24, 2.45) is 0 Å². The van der Waals surface area contributed by atoms with Gasteiger partial charge >= 0.3 is 6.61 Å². The summed E-state index contributed by atoms with van der Waals surface area (Å²) < 4.78 is 27.8. The maximum Gasteiger partial charge on any atom is 0.387 e. The fourth-order valence-corrected chi connectivity index (χ4v) is 0.984. The predicted octanol–water partition coefficient (Wildman–Crippen LogP) is 1.65. The van der Waals surface area contributed by atoms with Gasteiger partial charge in [-0.25, -0.2) is 0 Å². The number of benzene rings is 1. The Hall–Kier alpha value is -1.67. The molecular formula is C9H7F2NO2. The van der Waals surface area contributed by atoms with Crippen molar-refractivity contribution in [2.45, 2.75) is 13.2 Å². The van der Waals surface area contributed by atoms with Crippen LogP contribution in [0.4, 0.5) is 8.78 Å². The molecular weight excluding hydrogens is 192 g/mol. The van der Waals surface area contributed by atoms with E-state index in [0.29, 0.717) is 0 Å². The maximum atomic E-state index is 11.9. The van der Waals surface area contributed by atoms with Gasteiger partial charge < -0.3 is 9.84 Å². The van der Waals surface area contributed by atoms with E-state index >= 15 is 0 Å². The van der Waals surface area contributed by atoms with Gasteiger partial charge in [0.15, 0.2) is 0 Å². The number of nitrogens with zero attached hydrogens (tertiary/aromatic N) is 1. The Morgan fingerprint density at radius 2 is 2.21 bits per heavy atom.